The molecule has 3 heterocycles. The number of hydrogen-bond donors (Lipinski definition) is 1. The molecule has 1 aromatic carbocycles. The maximum atomic E-state index is 13.2. The smallest absolute Gasteiger partial charge is 0.253 e. The molecule has 1 fully saturated rings. The van der Waals surface area contributed by atoms with Crippen molar-refractivity contribution in [2.24, 2.45) is 0 Å². The summed E-state index contributed by atoms with van der Waals surface area (Å²) in [6, 6.07) is 6.33. The summed E-state index contributed by atoms with van der Waals surface area (Å²) < 4.78 is 20.7. The average molecular weight is 503 g/mol. The van der Waals surface area contributed by atoms with Crippen LogP contribution in [0, 0.1) is 0 Å². The van der Waals surface area contributed by atoms with Crippen LogP contribution in [0.3, 0.4) is 0 Å². The zero-order valence-electron chi connectivity index (χ0n) is 21.2. The number of aromatic nitrogens is 1. The second-order valence-electron chi connectivity index (χ2n) is 9.44. The molecule has 2 aliphatic rings. The predicted octanol–water partition coefficient (Wildman–Crippen LogP) is 2.35. The van der Waals surface area contributed by atoms with Gasteiger partial charge in [0.15, 0.2) is 0 Å². The van der Waals surface area contributed by atoms with Gasteiger partial charge < -0.3 is 15.0 Å². The van der Waals surface area contributed by atoms with E-state index in [1.54, 1.807) is 19.0 Å². The Labute approximate surface area is 210 Å². The molecule has 0 spiro atoms. The maximum Gasteiger partial charge on any atom is 0.253 e. The fourth-order valence-corrected chi connectivity index (χ4v) is 6.44. The van der Waals surface area contributed by atoms with Crippen molar-refractivity contribution in [1.29, 1.82) is 0 Å². The number of carbonyl (C=O) groups is 2. The van der Waals surface area contributed by atoms with E-state index in [-0.39, 0.29) is 11.8 Å². The minimum Gasteiger partial charge on any atom is -0.381 e. The molecule has 2 amide bonds. The van der Waals surface area contributed by atoms with E-state index < -0.39 is 11.0 Å². The van der Waals surface area contributed by atoms with E-state index >= 15 is 0 Å². The number of carbonyl (C=O) groups excluding carboxylic acids is 2. The normalized spacial score (nSPS) is 18.1. The van der Waals surface area contributed by atoms with Gasteiger partial charge >= 0.3 is 0 Å². The molecular weight excluding hydrogens is 464 g/mol. The fourth-order valence-electron chi connectivity index (χ4n) is 5.36. The fraction of sp³-hybridized carbons (Fsp3) is 0.615. The molecule has 1 N–H and O–H groups in total. The number of rotatable bonds is 8. The molecule has 1 saturated heterocycles. The highest BCUT2D eigenvalue weighted by Crippen LogP contribution is 2.32. The standard InChI is InChI=1S/C26H38N4O4S/c1-4-35(33)30-23-8-7-19(26(32)28(3)13-5-6-25(31)27-2)18-22(23)21-9-14-29(15-10-24(21)30)20-11-16-34-17-12-20/h7-8,18,20H,4-6,9-17H2,1-3H3,(H,27,31). The number of hydrogen-bond acceptors (Lipinski definition) is 5. The molecule has 4 rings (SSSR count). The quantitative estimate of drug-likeness (QED) is 0.599. The summed E-state index contributed by atoms with van der Waals surface area (Å²) >= 11 is 0. The first-order chi connectivity index (χ1) is 16.9. The van der Waals surface area contributed by atoms with Crippen molar-refractivity contribution in [3.63, 3.8) is 0 Å². The van der Waals surface area contributed by atoms with Gasteiger partial charge in [-0.2, -0.15) is 0 Å². The third-order valence-corrected chi connectivity index (χ3v) is 8.66. The van der Waals surface area contributed by atoms with Gasteiger partial charge in [-0.15, -0.1) is 0 Å². The zero-order valence-corrected chi connectivity index (χ0v) is 22.0. The van der Waals surface area contributed by atoms with Gasteiger partial charge in [0.1, 0.15) is 11.0 Å². The summed E-state index contributed by atoms with van der Waals surface area (Å²) in [5.74, 6) is 0.476. The van der Waals surface area contributed by atoms with Gasteiger partial charge in [0.25, 0.3) is 5.91 Å². The van der Waals surface area contributed by atoms with Gasteiger partial charge in [-0.05, 0) is 49.4 Å². The Hall–Kier alpha value is -2.23. The van der Waals surface area contributed by atoms with E-state index in [0.29, 0.717) is 36.7 Å². The second-order valence-corrected chi connectivity index (χ2v) is 11.0. The number of nitrogens with one attached hydrogen (secondary N) is 1. The van der Waals surface area contributed by atoms with Crippen LogP contribution in [0.15, 0.2) is 18.2 Å². The van der Waals surface area contributed by atoms with Gasteiger partial charge in [0.2, 0.25) is 5.91 Å². The van der Waals surface area contributed by atoms with E-state index in [2.05, 4.69) is 10.2 Å². The summed E-state index contributed by atoms with van der Waals surface area (Å²) in [5.41, 5.74) is 3.97. The molecule has 9 heteroatoms. The van der Waals surface area contributed by atoms with Gasteiger partial charge in [-0.25, -0.2) is 4.21 Å². The summed E-state index contributed by atoms with van der Waals surface area (Å²) in [7, 11) is 2.26. The third kappa shape index (κ3) is 5.62. The van der Waals surface area contributed by atoms with Crippen LogP contribution >= 0.6 is 0 Å². The Bertz CT molecular complexity index is 1090. The topological polar surface area (TPSA) is 83.9 Å². The minimum atomic E-state index is -1.14. The molecule has 0 saturated carbocycles. The number of fused-ring (bicyclic) bond motifs is 3. The van der Waals surface area contributed by atoms with Crippen LogP contribution in [-0.4, -0.2) is 88.5 Å². The molecule has 192 valence electrons. The molecule has 1 unspecified atom stereocenters. The van der Waals surface area contributed by atoms with Crippen molar-refractivity contribution >= 4 is 33.7 Å². The first kappa shape index (κ1) is 25.9. The molecule has 1 atom stereocenters. The SMILES string of the molecule is CCS(=O)n1c2c(c3cc(C(=O)N(C)CCCC(=O)NC)ccc31)CCN(C1CCOCC1)CC2. The summed E-state index contributed by atoms with van der Waals surface area (Å²) in [4.78, 5) is 28.9. The summed E-state index contributed by atoms with van der Waals surface area (Å²) in [6.07, 6.45) is 4.89. The van der Waals surface area contributed by atoms with E-state index in [1.165, 1.54) is 5.56 Å². The molecule has 2 aromatic rings. The largest absolute Gasteiger partial charge is 0.381 e. The van der Waals surface area contributed by atoms with Gasteiger partial charge in [0.05, 0.1) is 5.52 Å². The molecule has 8 nitrogen and oxygen atoms in total. The van der Waals surface area contributed by atoms with Crippen molar-refractivity contribution in [3.8, 4) is 0 Å². The number of ether oxygens (including phenoxy) is 1. The minimum absolute atomic E-state index is 0.0185. The van der Waals surface area contributed by atoms with E-state index in [0.717, 1.165) is 68.6 Å². The number of amides is 2. The van der Waals surface area contributed by atoms with Crippen LogP contribution < -0.4 is 5.32 Å². The Morgan fingerprint density at radius 2 is 1.94 bits per heavy atom. The third-order valence-electron chi connectivity index (χ3n) is 7.35. The highest BCUT2D eigenvalue weighted by atomic mass is 32.2. The van der Waals surface area contributed by atoms with Crippen molar-refractivity contribution in [2.75, 3.05) is 52.7 Å². The lowest BCUT2D eigenvalue weighted by atomic mass is 10.0. The Kier molecular flexibility index (Phi) is 8.62. The van der Waals surface area contributed by atoms with Gasteiger partial charge in [-0.3, -0.25) is 18.5 Å². The van der Waals surface area contributed by atoms with Crippen LogP contribution in [0.1, 0.15) is 54.2 Å². The number of nitrogens with zero attached hydrogens (tertiary/aromatic N) is 3. The first-order valence-corrected chi connectivity index (χ1v) is 14.0. The predicted molar refractivity (Wildman–Crippen MR) is 139 cm³/mol. The second kappa shape index (κ2) is 11.7. The first-order valence-electron chi connectivity index (χ1n) is 12.8. The molecule has 0 aliphatic carbocycles. The highest BCUT2D eigenvalue weighted by molar-refractivity contribution is 7.83. The average Bonchev–Trinajstić information content (AvgIpc) is 3.04. The van der Waals surface area contributed by atoms with Crippen LogP contribution in [0.2, 0.25) is 0 Å². The van der Waals surface area contributed by atoms with Gasteiger partial charge in [-0.1, -0.05) is 6.92 Å². The number of benzene rings is 1. The lowest BCUT2D eigenvalue weighted by Crippen LogP contribution is -2.41. The lowest BCUT2D eigenvalue weighted by molar-refractivity contribution is -0.120. The molecule has 2 aliphatic heterocycles. The zero-order chi connectivity index (χ0) is 24.9. The molecule has 0 bridgehead atoms. The van der Waals surface area contributed by atoms with Crippen LogP contribution in [-0.2, 0) is 33.4 Å². The highest BCUT2D eigenvalue weighted by Gasteiger charge is 2.28. The molecule has 0 radical (unpaired) electrons. The monoisotopic (exact) mass is 502 g/mol. The van der Waals surface area contributed by atoms with E-state index in [4.69, 9.17) is 4.74 Å². The molecular formula is C26H38N4O4S. The van der Waals surface area contributed by atoms with Crippen molar-refractivity contribution < 1.29 is 18.5 Å². The summed E-state index contributed by atoms with van der Waals surface area (Å²) in [5, 5.41) is 3.66. The van der Waals surface area contributed by atoms with E-state index in [9.17, 15) is 13.8 Å². The summed E-state index contributed by atoms with van der Waals surface area (Å²) in [6.45, 7) is 6.03. The van der Waals surface area contributed by atoms with Crippen molar-refractivity contribution in [2.45, 2.75) is 51.5 Å². The Morgan fingerprint density at radius 3 is 2.66 bits per heavy atom. The lowest BCUT2D eigenvalue weighted by Gasteiger charge is -2.33. The Balaban J connectivity index is 1.60. The molecule has 35 heavy (non-hydrogen) atoms. The maximum absolute atomic E-state index is 13.2. The molecule has 1 aromatic heterocycles. The van der Waals surface area contributed by atoms with E-state index in [1.807, 2.05) is 29.1 Å². The van der Waals surface area contributed by atoms with Gasteiger partial charge in [0, 0.05) is 88.2 Å². The van der Waals surface area contributed by atoms with Crippen molar-refractivity contribution in [3.05, 3.63) is 35.0 Å². The van der Waals surface area contributed by atoms with Crippen molar-refractivity contribution in [1.82, 2.24) is 19.1 Å². The van der Waals surface area contributed by atoms with Crippen LogP contribution in [0.5, 0.6) is 0 Å². The van der Waals surface area contributed by atoms with Crippen LogP contribution in [0.4, 0.5) is 0 Å². The Morgan fingerprint density at radius 1 is 1.20 bits per heavy atom. The van der Waals surface area contributed by atoms with Crippen LogP contribution in [0.25, 0.3) is 10.9 Å².